The predicted molar refractivity (Wildman–Crippen MR) is 49.7 cm³/mol. The van der Waals surface area contributed by atoms with Crippen molar-refractivity contribution in [2.24, 2.45) is 5.73 Å². The summed E-state index contributed by atoms with van der Waals surface area (Å²) in [7, 11) is 0. The van der Waals surface area contributed by atoms with Crippen LogP contribution in [0.25, 0.3) is 0 Å². The molecule has 3 nitrogen and oxygen atoms in total. The summed E-state index contributed by atoms with van der Waals surface area (Å²) >= 11 is 3.91. The highest BCUT2D eigenvalue weighted by molar-refractivity contribution is 7.80. The maximum absolute atomic E-state index is 11.0. The lowest BCUT2D eigenvalue weighted by atomic mass is 10.3. The van der Waals surface area contributed by atoms with E-state index in [1.54, 1.807) is 0 Å². The first kappa shape index (κ1) is 10.8. The van der Waals surface area contributed by atoms with Crippen molar-refractivity contribution >= 4 is 18.5 Å². The second-order valence-electron chi connectivity index (χ2n) is 2.43. The van der Waals surface area contributed by atoms with Gasteiger partial charge in [0.25, 0.3) is 0 Å². The Morgan fingerprint density at radius 3 is 2.82 bits per heavy atom. The highest BCUT2D eigenvalue weighted by Crippen LogP contribution is 1.86. The number of hydrogen-bond acceptors (Lipinski definition) is 3. The summed E-state index contributed by atoms with van der Waals surface area (Å²) in [5.41, 5.74) is 5.41. The van der Waals surface area contributed by atoms with E-state index >= 15 is 0 Å². The third-order valence-electron chi connectivity index (χ3n) is 1.36. The minimum Gasteiger partial charge on any atom is -0.355 e. The van der Waals surface area contributed by atoms with Gasteiger partial charge in [0.05, 0.1) is 6.04 Å². The quantitative estimate of drug-likeness (QED) is 0.413. The summed E-state index contributed by atoms with van der Waals surface area (Å²) in [6.07, 6.45) is 2.08. The highest BCUT2D eigenvalue weighted by atomic mass is 32.1. The van der Waals surface area contributed by atoms with Crippen LogP contribution < -0.4 is 11.1 Å². The first-order valence-electron chi connectivity index (χ1n) is 3.86. The Bertz CT molecular complexity index is 119. The van der Waals surface area contributed by atoms with Crippen LogP contribution in [0.2, 0.25) is 0 Å². The molecule has 0 fully saturated rings. The van der Waals surface area contributed by atoms with Gasteiger partial charge in [0.2, 0.25) is 5.91 Å². The van der Waals surface area contributed by atoms with Crippen molar-refractivity contribution in [3.63, 3.8) is 0 Å². The number of thiol groups is 1. The molecule has 0 aromatic carbocycles. The van der Waals surface area contributed by atoms with E-state index < -0.39 is 6.04 Å². The van der Waals surface area contributed by atoms with Crippen molar-refractivity contribution in [1.29, 1.82) is 0 Å². The number of rotatable bonds is 5. The van der Waals surface area contributed by atoms with Crippen LogP contribution in [0.5, 0.6) is 0 Å². The van der Waals surface area contributed by atoms with Gasteiger partial charge in [-0.15, -0.1) is 0 Å². The van der Waals surface area contributed by atoms with Crippen molar-refractivity contribution in [3.8, 4) is 0 Å². The lowest BCUT2D eigenvalue weighted by Gasteiger charge is -2.08. The van der Waals surface area contributed by atoms with E-state index in [1.165, 1.54) is 0 Å². The predicted octanol–water partition coefficient (Wildman–Crippen LogP) is 0.160. The number of carbonyl (C=O) groups excluding carboxylic acids is 1. The summed E-state index contributed by atoms with van der Waals surface area (Å²) in [5.74, 6) is 0.297. The smallest absolute Gasteiger partial charge is 0.237 e. The van der Waals surface area contributed by atoms with Crippen LogP contribution >= 0.6 is 12.6 Å². The second kappa shape index (κ2) is 6.49. The van der Waals surface area contributed by atoms with Crippen molar-refractivity contribution in [3.05, 3.63) is 0 Å². The lowest BCUT2D eigenvalue weighted by molar-refractivity contribution is -0.121. The molecule has 0 aliphatic carbocycles. The molecule has 1 unspecified atom stereocenters. The Balaban J connectivity index is 3.36. The van der Waals surface area contributed by atoms with Crippen molar-refractivity contribution < 1.29 is 4.79 Å². The molecule has 0 aliphatic rings. The zero-order chi connectivity index (χ0) is 8.69. The van der Waals surface area contributed by atoms with Crippen LogP contribution in [0.4, 0.5) is 0 Å². The van der Waals surface area contributed by atoms with Crippen molar-refractivity contribution in [2.75, 3.05) is 12.3 Å². The van der Waals surface area contributed by atoms with E-state index in [0.717, 1.165) is 19.4 Å². The van der Waals surface area contributed by atoms with Crippen LogP contribution in [0, 0.1) is 0 Å². The molecule has 0 saturated heterocycles. The molecule has 0 heterocycles. The number of amides is 1. The van der Waals surface area contributed by atoms with Gasteiger partial charge in [0.15, 0.2) is 0 Å². The number of carbonyl (C=O) groups is 1. The third-order valence-corrected chi connectivity index (χ3v) is 1.76. The Kier molecular flexibility index (Phi) is 6.36. The number of nitrogens with two attached hydrogens (primary N) is 1. The molecular formula is C7H16N2OS. The van der Waals surface area contributed by atoms with Crippen LogP contribution in [0.3, 0.4) is 0 Å². The minimum atomic E-state index is -0.463. The molecule has 0 rings (SSSR count). The molecule has 66 valence electrons. The number of hydrogen-bond donors (Lipinski definition) is 3. The zero-order valence-electron chi connectivity index (χ0n) is 6.84. The standard InChI is InChI=1S/C7H16N2OS/c1-2-3-4-9-7(10)6(8)5-11/h6,11H,2-5,8H2,1H3,(H,9,10). The number of nitrogens with one attached hydrogen (secondary N) is 1. The molecule has 0 aromatic heterocycles. The highest BCUT2D eigenvalue weighted by Gasteiger charge is 2.08. The minimum absolute atomic E-state index is 0.103. The average molecular weight is 176 g/mol. The topological polar surface area (TPSA) is 55.1 Å². The van der Waals surface area contributed by atoms with Gasteiger partial charge < -0.3 is 11.1 Å². The van der Waals surface area contributed by atoms with Crippen molar-refractivity contribution in [2.45, 2.75) is 25.8 Å². The molecule has 4 heteroatoms. The van der Waals surface area contributed by atoms with E-state index in [1.807, 2.05) is 0 Å². The summed E-state index contributed by atoms with van der Waals surface area (Å²) in [6.45, 7) is 2.79. The Morgan fingerprint density at radius 1 is 1.73 bits per heavy atom. The lowest BCUT2D eigenvalue weighted by Crippen LogP contribution is -2.42. The zero-order valence-corrected chi connectivity index (χ0v) is 7.73. The molecule has 0 aliphatic heterocycles. The third kappa shape index (κ3) is 5.09. The molecule has 3 N–H and O–H groups in total. The van der Waals surface area contributed by atoms with Crippen LogP contribution in [0.1, 0.15) is 19.8 Å². The summed E-state index contributed by atoms with van der Waals surface area (Å²) in [5, 5.41) is 2.72. The molecule has 0 saturated carbocycles. The van der Waals surface area contributed by atoms with Gasteiger partial charge in [-0.25, -0.2) is 0 Å². The summed E-state index contributed by atoms with van der Waals surface area (Å²) < 4.78 is 0. The molecule has 11 heavy (non-hydrogen) atoms. The molecule has 0 radical (unpaired) electrons. The van der Waals surface area contributed by atoms with Gasteiger partial charge >= 0.3 is 0 Å². The molecule has 1 atom stereocenters. The van der Waals surface area contributed by atoms with E-state index in [2.05, 4.69) is 24.9 Å². The van der Waals surface area contributed by atoms with Crippen LogP contribution in [-0.2, 0) is 4.79 Å². The largest absolute Gasteiger partial charge is 0.355 e. The van der Waals surface area contributed by atoms with E-state index in [0.29, 0.717) is 5.75 Å². The molecule has 0 spiro atoms. The normalized spacial score (nSPS) is 12.6. The fourth-order valence-electron chi connectivity index (χ4n) is 0.602. The maximum Gasteiger partial charge on any atom is 0.237 e. The Labute approximate surface area is 73.1 Å². The van der Waals surface area contributed by atoms with Gasteiger partial charge in [0.1, 0.15) is 0 Å². The maximum atomic E-state index is 11.0. The molecule has 0 aromatic rings. The Hall–Kier alpha value is -0.220. The molecular weight excluding hydrogens is 160 g/mol. The summed E-state index contributed by atoms with van der Waals surface area (Å²) in [4.78, 5) is 11.0. The van der Waals surface area contributed by atoms with Gasteiger partial charge in [-0.2, -0.15) is 12.6 Å². The monoisotopic (exact) mass is 176 g/mol. The second-order valence-corrected chi connectivity index (χ2v) is 2.80. The summed E-state index contributed by atoms with van der Waals surface area (Å²) in [6, 6.07) is -0.463. The van der Waals surface area contributed by atoms with Crippen molar-refractivity contribution in [1.82, 2.24) is 5.32 Å². The fraction of sp³-hybridized carbons (Fsp3) is 0.857. The van der Waals surface area contributed by atoms with E-state index in [4.69, 9.17) is 5.73 Å². The van der Waals surface area contributed by atoms with Gasteiger partial charge in [-0.1, -0.05) is 13.3 Å². The average Bonchev–Trinajstić information content (AvgIpc) is 2.03. The van der Waals surface area contributed by atoms with Gasteiger partial charge in [-0.05, 0) is 6.42 Å². The van der Waals surface area contributed by atoms with Crippen LogP contribution in [0.15, 0.2) is 0 Å². The first-order valence-corrected chi connectivity index (χ1v) is 4.49. The van der Waals surface area contributed by atoms with E-state index in [-0.39, 0.29) is 5.91 Å². The SMILES string of the molecule is CCCCNC(=O)C(N)CS. The first-order chi connectivity index (χ1) is 5.22. The molecule has 0 bridgehead atoms. The number of unbranched alkanes of at least 4 members (excludes halogenated alkanes) is 1. The van der Waals surface area contributed by atoms with Gasteiger partial charge in [0, 0.05) is 12.3 Å². The fourth-order valence-corrected chi connectivity index (χ4v) is 0.768. The molecule has 1 amide bonds. The Morgan fingerprint density at radius 2 is 2.36 bits per heavy atom. The van der Waals surface area contributed by atoms with Gasteiger partial charge in [-0.3, -0.25) is 4.79 Å². The van der Waals surface area contributed by atoms with E-state index in [9.17, 15) is 4.79 Å². The van der Waals surface area contributed by atoms with Crippen LogP contribution in [-0.4, -0.2) is 24.2 Å².